The summed E-state index contributed by atoms with van der Waals surface area (Å²) in [7, 11) is 0. The van der Waals surface area contributed by atoms with Crippen molar-refractivity contribution in [1.29, 1.82) is 0 Å². The van der Waals surface area contributed by atoms with Crippen LogP contribution in [0.4, 0.5) is 8.78 Å². The molecule has 0 atom stereocenters. The Bertz CT molecular complexity index is 543. The van der Waals surface area contributed by atoms with Gasteiger partial charge in [-0.05, 0) is 29.3 Å². The first-order valence-electron chi connectivity index (χ1n) is 5.55. The minimum absolute atomic E-state index is 0.321. The van der Waals surface area contributed by atoms with Gasteiger partial charge in [0.2, 0.25) is 0 Å². The van der Waals surface area contributed by atoms with Crippen molar-refractivity contribution in [3.63, 3.8) is 0 Å². The van der Waals surface area contributed by atoms with Gasteiger partial charge in [-0.2, -0.15) is 0 Å². The van der Waals surface area contributed by atoms with Gasteiger partial charge >= 0.3 is 0 Å². The highest BCUT2D eigenvalue weighted by molar-refractivity contribution is 7.98. The lowest BCUT2D eigenvalue weighted by molar-refractivity contribution is 0.577. The molecule has 0 fully saturated rings. The Morgan fingerprint density at radius 3 is 2.44 bits per heavy atom. The molecule has 94 valence electrons. The fraction of sp³-hybridized carbons (Fsp3) is 0.143. The van der Waals surface area contributed by atoms with Gasteiger partial charge in [-0.25, -0.2) is 8.78 Å². The Morgan fingerprint density at radius 1 is 1.00 bits per heavy atom. The third-order valence-corrected chi connectivity index (χ3v) is 3.69. The second kappa shape index (κ2) is 5.98. The van der Waals surface area contributed by atoms with Crippen LogP contribution in [0.3, 0.4) is 0 Å². The second-order valence-electron chi connectivity index (χ2n) is 3.84. The van der Waals surface area contributed by atoms with Crippen molar-refractivity contribution in [2.24, 2.45) is 5.73 Å². The average molecular weight is 265 g/mol. The molecule has 0 saturated carbocycles. The molecule has 2 rings (SSSR count). The summed E-state index contributed by atoms with van der Waals surface area (Å²) in [5.41, 5.74) is 7.71. The summed E-state index contributed by atoms with van der Waals surface area (Å²) in [4.78, 5) is 0.321. The van der Waals surface area contributed by atoms with Gasteiger partial charge < -0.3 is 5.73 Å². The zero-order chi connectivity index (χ0) is 13.0. The maximum atomic E-state index is 13.4. The Morgan fingerprint density at radius 2 is 1.72 bits per heavy atom. The second-order valence-corrected chi connectivity index (χ2v) is 4.85. The zero-order valence-corrected chi connectivity index (χ0v) is 10.5. The van der Waals surface area contributed by atoms with Crippen LogP contribution in [-0.2, 0) is 12.3 Å². The fourth-order valence-electron chi connectivity index (χ4n) is 1.64. The maximum Gasteiger partial charge on any atom is 0.136 e. The van der Waals surface area contributed by atoms with E-state index < -0.39 is 11.6 Å². The third kappa shape index (κ3) is 3.09. The van der Waals surface area contributed by atoms with Gasteiger partial charge in [-0.15, -0.1) is 11.8 Å². The quantitative estimate of drug-likeness (QED) is 0.853. The summed E-state index contributed by atoms with van der Waals surface area (Å²) >= 11 is 1.27. The van der Waals surface area contributed by atoms with E-state index in [1.165, 1.54) is 17.8 Å². The van der Waals surface area contributed by atoms with E-state index in [9.17, 15) is 8.78 Å². The van der Waals surface area contributed by atoms with Crippen molar-refractivity contribution in [3.05, 3.63) is 65.2 Å². The molecule has 0 amide bonds. The minimum Gasteiger partial charge on any atom is -0.326 e. The molecule has 0 aliphatic rings. The Hall–Kier alpha value is -1.39. The molecule has 0 spiro atoms. The van der Waals surface area contributed by atoms with Gasteiger partial charge in [-0.3, -0.25) is 0 Å². The monoisotopic (exact) mass is 265 g/mol. The summed E-state index contributed by atoms with van der Waals surface area (Å²) in [5.74, 6) is -0.245. The summed E-state index contributed by atoms with van der Waals surface area (Å²) in [6.07, 6.45) is 0. The summed E-state index contributed by atoms with van der Waals surface area (Å²) < 4.78 is 26.5. The van der Waals surface area contributed by atoms with Crippen molar-refractivity contribution in [1.82, 2.24) is 0 Å². The summed E-state index contributed by atoms with van der Waals surface area (Å²) in [6.45, 7) is 0.447. The molecular weight excluding hydrogens is 252 g/mol. The van der Waals surface area contributed by atoms with Crippen molar-refractivity contribution >= 4 is 11.8 Å². The van der Waals surface area contributed by atoms with Crippen LogP contribution in [0.15, 0.2) is 47.4 Å². The Kier molecular flexibility index (Phi) is 4.33. The van der Waals surface area contributed by atoms with E-state index in [-0.39, 0.29) is 0 Å². The Balaban J connectivity index is 2.14. The van der Waals surface area contributed by atoms with E-state index in [1.807, 2.05) is 24.3 Å². The first-order valence-corrected chi connectivity index (χ1v) is 6.54. The standard InChI is InChI=1S/C14H13F2NS/c15-12-5-6-13(16)14(7-12)18-9-11-4-2-1-3-10(11)8-17/h1-7H,8-9,17H2. The normalized spacial score (nSPS) is 10.6. The first kappa shape index (κ1) is 13.1. The van der Waals surface area contributed by atoms with Crippen LogP contribution >= 0.6 is 11.8 Å². The SMILES string of the molecule is NCc1ccccc1CSc1cc(F)ccc1F. The highest BCUT2D eigenvalue weighted by Crippen LogP contribution is 2.27. The van der Waals surface area contributed by atoms with Crippen molar-refractivity contribution in [2.45, 2.75) is 17.2 Å². The lowest BCUT2D eigenvalue weighted by atomic mass is 10.1. The number of nitrogens with two attached hydrogens (primary N) is 1. The van der Waals surface area contributed by atoms with Crippen LogP contribution in [0.5, 0.6) is 0 Å². The minimum atomic E-state index is -0.425. The van der Waals surface area contributed by atoms with Crippen molar-refractivity contribution < 1.29 is 8.78 Å². The van der Waals surface area contributed by atoms with E-state index in [0.29, 0.717) is 17.2 Å². The van der Waals surface area contributed by atoms with Crippen LogP contribution < -0.4 is 5.73 Å². The summed E-state index contributed by atoms with van der Waals surface area (Å²) in [6, 6.07) is 11.2. The lowest BCUT2D eigenvalue weighted by Gasteiger charge is -2.08. The van der Waals surface area contributed by atoms with Crippen molar-refractivity contribution in [3.8, 4) is 0 Å². The van der Waals surface area contributed by atoms with E-state index in [2.05, 4.69) is 0 Å². The molecule has 2 aromatic carbocycles. The molecule has 2 N–H and O–H groups in total. The fourth-order valence-corrected chi connectivity index (χ4v) is 2.64. The highest BCUT2D eigenvalue weighted by Gasteiger charge is 2.06. The van der Waals surface area contributed by atoms with Gasteiger partial charge in [0.25, 0.3) is 0 Å². The molecule has 0 heterocycles. The summed E-state index contributed by atoms with van der Waals surface area (Å²) in [5, 5.41) is 0. The van der Waals surface area contributed by atoms with Gasteiger partial charge in [0.1, 0.15) is 11.6 Å². The average Bonchev–Trinajstić information content (AvgIpc) is 2.40. The van der Waals surface area contributed by atoms with E-state index in [0.717, 1.165) is 23.3 Å². The first-order chi connectivity index (χ1) is 8.70. The predicted octanol–water partition coefficient (Wildman–Crippen LogP) is 3.72. The van der Waals surface area contributed by atoms with E-state index in [4.69, 9.17) is 5.73 Å². The molecule has 4 heteroatoms. The van der Waals surface area contributed by atoms with Crippen molar-refractivity contribution in [2.75, 3.05) is 0 Å². The van der Waals surface area contributed by atoms with Gasteiger partial charge in [0, 0.05) is 17.2 Å². The molecule has 0 bridgehead atoms. The molecule has 0 radical (unpaired) electrons. The van der Waals surface area contributed by atoms with Gasteiger partial charge in [0.15, 0.2) is 0 Å². The van der Waals surface area contributed by atoms with E-state index >= 15 is 0 Å². The molecular formula is C14H13F2NS. The topological polar surface area (TPSA) is 26.0 Å². The molecule has 0 aromatic heterocycles. The van der Waals surface area contributed by atoms with Gasteiger partial charge in [0.05, 0.1) is 0 Å². The Labute approximate surface area is 109 Å². The molecule has 0 unspecified atom stereocenters. The van der Waals surface area contributed by atoms with Crippen LogP contribution in [0, 0.1) is 11.6 Å². The highest BCUT2D eigenvalue weighted by atomic mass is 32.2. The smallest absolute Gasteiger partial charge is 0.136 e. The number of thioether (sulfide) groups is 1. The molecule has 18 heavy (non-hydrogen) atoms. The van der Waals surface area contributed by atoms with Crippen LogP contribution in [0.25, 0.3) is 0 Å². The maximum absolute atomic E-state index is 13.4. The predicted molar refractivity (Wildman–Crippen MR) is 70.3 cm³/mol. The number of hydrogen-bond donors (Lipinski definition) is 1. The molecule has 0 aliphatic heterocycles. The number of benzene rings is 2. The van der Waals surface area contributed by atoms with Crippen LogP contribution in [0.1, 0.15) is 11.1 Å². The van der Waals surface area contributed by atoms with E-state index in [1.54, 1.807) is 0 Å². The lowest BCUT2D eigenvalue weighted by Crippen LogP contribution is -2.00. The number of halogens is 2. The molecule has 1 nitrogen and oxygen atoms in total. The largest absolute Gasteiger partial charge is 0.326 e. The zero-order valence-electron chi connectivity index (χ0n) is 9.70. The molecule has 0 aliphatic carbocycles. The molecule has 0 saturated heterocycles. The molecule has 2 aromatic rings. The third-order valence-electron chi connectivity index (χ3n) is 2.61. The number of hydrogen-bond acceptors (Lipinski definition) is 2. The van der Waals surface area contributed by atoms with Crippen LogP contribution in [0.2, 0.25) is 0 Å². The van der Waals surface area contributed by atoms with Crippen LogP contribution in [-0.4, -0.2) is 0 Å². The number of rotatable bonds is 4. The van der Waals surface area contributed by atoms with Gasteiger partial charge in [-0.1, -0.05) is 24.3 Å².